The lowest BCUT2D eigenvalue weighted by Crippen LogP contribution is -2.44. The normalized spacial score (nSPS) is 17.0. The van der Waals surface area contributed by atoms with Crippen LogP contribution in [-0.4, -0.2) is 35.9 Å². The van der Waals surface area contributed by atoms with E-state index in [1.54, 1.807) is 18.0 Å². The minimum absolute atomic E-state index is 0.263. The second-order valence-electron chi connectivity index (χ2n) is 7.66. The molecule has 0 fully saturated rings. The van der Waals surface area contributed by atoms with E-state index in [0.717, 1.165) is 17.9 Å². The Morgan fingerprint density at radius 1 is 0.933 bits per heavy atom. The zero-order chi connectivity index (χ0) is 21.1. The number of sulfonamides is 1. The van der Waals surface area contributed by atoms with E-state index < -0.39 is 10.0 Å². The highest BCUT2D eigenvalue weighted by molar-refractivity contribution is 8.04. The molecule has 6 heteroatoms. The number of fused-ring (bicyclic) bond motifs is 1. The van der Waals surface area contributed by atoms with Gasteiger partial charge in [-0.2, -0.15) is 0 Å². The van der Waals surface area contributed by atoms with E-state index in [-0.39, 0.29) is 5.50 Å². The van der Waals surface area contributed by atoms with Gasteiger partial charge in [0.25, 0.3) is 0 Å². The lowest BCUT2D eigenvalue weighted by molar-refractivity contribution is 0.190. The standard InChI is InChI=1S/C24H26N2O2S2/c1-19-17-26(30(2,27)28)24(29-19)25(18-21-8-4-3-5-9-21)15-14-20-12-13-22-10-6-7-11-23(22)16-20/h3-13,16-17,24H,14-15,18H2,1-2H3. The van der Waals surface area contributed by atoms with Gasteiger partial charge >= 0.3 is 0 Å². The van der Waals surface area contributed by atoms with Crippen LogP contribution in [0.5, 0.6) is 0 Å². The third-order valence-corrected chi connectivity index (χ3v) is 7.66. The maximum atomic E-state index is 12.4. The molecule has 1 aliphatic rings. The zero-order valence-electron chi connectivity index (χ0n) is 17.2. The van der Waals surface area contributed by atoms with E-state index in [4.69, 9.17) is 0 Å². The fourth-order valence-electron chi connectivity index (χ4n) is 3.74. The van der Waals surface area contributed by atoms with Crippen LogP contribution in [0.4, 0.5) is 0 Å². The third kappa shape index (κ3) is 4.89. The van der Waals surface area contributed by atoms with Crippen LogP contribution < -0.4 is 0 Å². The first kappa shape index (κ1) is 21.0. The van der Waals surface area contributed by atoms with E-state index in [0.29, 0.717) is 6.54 Å². The Hall–Kier alpha value is -2.28. The Labute approximate surface area is 183 Å². The van der Waals surface area contributed by atoms with Crippen LogP contribution in [0, 0.1) is 0 Å². The summed E-state index contributed by atoms with van der Waals surface area (Å²) in [6, 6.07) is 25.2. The van der Waals surface area contributed by atoms with Crippen molar-refractivity contribution in [3.05, 3.63) is 95.0 Å². The average molecular weight is 439 g/mol. The second kappa shape index (κ2) is 8.84. The summed E-state index contributed by atoms with van der Waals surface area (Å²) in [4.78, 5) is 3.26. The summed E-state index contributed by atoms with van der Waals surface area (Å²) in [5.41, 5.74) is 2.17. The summed E-state index contributed by atoms with van der Waals surface area (Å²) < 4.78 is 26.3. The highest BCUT2D eigenvalue weighted by Crippen LogP contribution is 2.37. The number of hydrogen-bond acceptors (Lipinski definition) is 4. The smallest absolute Gasteiger partial charge is 0.233 e. The van der Waals surface area contributed by atoms with Crippen LogP contribution in [0.25, 0.3) is 10.8 Å². The summed E-state index contributed by atoms with van der Waals surface area (Å²) in [6.45, 7) is 3.42. The molecule has 0 amide bonds. The molecule has 0 saturated carbocycles. The third-order valence-electron chi connectivity index (χ3n) is 5.24. The average Bonchev–Trinajstić information content (AvgIpc) is 3.14. The Kier molecular flexibility index (Phi) is 6.18. The highest BCUT2D eigenvalue weighted by atomic mass is 32.2. The lowest BCUT2D eigenvalue weighted by Gasteiger charge is -2.34. The van der Waals surface area contributed by atoms with Crippen LogP contribution in [-0.2, 0) is 23.0 Å². The van der Waals surface area contributed by atoms with E-state index in [1.165, 1.54) is 32.5 Å². The van der Waals surface area contributed by atoms with Gasteiger partial charge in [0, 0.05) is 24.2 Å². The lowest BCUT2D eigenvalue weighted by atomic mass is 10.0. The predicted octanol–water partition coefficient (Wildman–Crippen LogP) is 5.04. The Morgan fingerprint density at radius 3 is 2.37 bits per heavy atom. The van der Waals surface area contributed by atoms with Crippen LogP contribution in [0.3, 0.4) is 0 Å². The van der Waals surface area contributed by atoms with E-state index >= 15 is 0 Å². The summed E-state index contributed by atoms with van der Waals surface area (Å²) in [5.74, 6) is 0. The molecule has 1 atom stereocenters. The van der Waals surface area contributed by atoms with Crippen molar-refractivity contribution in [2.75, 3.05) is 12.8 Å². The minimum atomic E-state index is -3.34. The van der Waals surface area contributed by atoms with Gasteiger partial charge in [0.2, 0.25) is 10.0 Å². The van der Waals surface area contributed by atoms with Gasteiger partial charge in [0.1, 0.15) is 5.50 Å². The first-order valence-corrected chi connectivity index (χ1v) is 12.7. The van der Waals surface area contributed by atoms with Crippen molar-refractivity contribution < 1.29 is 8.42 Å². The highest BCUT2D eigenvalue weighted by Gasteiger charge is 2.34. The van der Waals surface area contributed by atoms with Gasteiger partial charge in [0.05, 0.1) is 6.26 Å². The topological polar surface area (TPSA) is 40.6 Å². The Balaban J connectivity index is 1.58. The summed E-state index contributed by atoms with van der Waals surface area (Å²) >= 11 is 1.60. The fourth-order valence-corrected chi connectivity index (χ4v) is 6.22. The van der Waals surface area contributed by atoms with Crippen molar-refractivity contribution in [2.24, 2.45) is 0 Å². The SMILES string of the molecule is CC1=CN(S(C)(=O)=O)C(N(CCc2ccc3ccccc3c2)Cc2ccccc2)S1. The molecule has 1 heterocycles. The minimum Gasteiger partial charge on any atom is -0.269 e. The van der Waals surface area contributed by atoms with Crippen LogP contribution >= 0.6 is 11.8 Å². The molecule has 3 aromatic carbocycles. The van der Waals surface area contributed by atoms with E-state index in [9.17, 15) is 8.42 Å². The quantitative estimate of drug-likeness (QED) is 0.518. The largest absolute Gasteiger partial charge is 0.269 e. The van der Waals surface area contributed by atoms with Gasteiger partial charge in [-0.25, -0.2) is 12.7 Å². The molecule has 0 spiro atoms. The maximum Gasteiger partial charge on any atom is 0.233 e. The molecule has 4 rings (SSSR count). The van der Waals surface area contributed by atoms with Gasteiger partial charge in [-0.15, -0.1) is 0 Å². The second-order valence-corrected chi connectivity index (χ2v) is 10.9. The van der Waals surface area contributed by atoms with Crippen molar-refractivity contribution in [3.63, 3.8) is 0 Å². The Morgan fingerprint density at radius 2 is 1.63 bits per heavy atom. The molecule has 4 nitrogen and oxygen atoms in total. The molecule has 156 valence electrons. The van der Waals surface area contributed by atoms with E-state index in [1.807, 2.05) is 25.1 Å². The molecule has 30 heavy (non-hydrogen) atoms. The Bertz CT molecular complexity index is 1160. The molecule has 1 aliphatic heterocycles. The van der Waals surface area contributed by atoms with Gasteiger partial charge in [-0.1, -0.05) is 84.6 Å². The van der Waals surface area contributed by atoms with Crippen molar-refractivity contribution in [1.82, 2.24) is 9.21 Å². The number of hydrogen-bond donors (Lipinski definition) is 0. The first-order chi connectivity index (χ1) is 14.4. The van der Waals surface area contributed by atoms with Crippen LogP contribution in [0.1, 0.15) is 18.1 Å². The molecule has 0 N–H and O–H groups in total. The fraction of sp³-hybridized carbons (Fsp3) is 0.250. The van der Waals surface area contributed by atoms with Crippen LogP contribution in [0.15, 0.2) is 83.9 Å². The molecule has 0 aromatic heterocycles. The van der Waals surface area contributed by atoms with Gasteiger partial charge in [-0.05, 0) is 35.2 Å². The number of rotatable bonds is 7. The van der Waals surface area contributed by atoms with Crippen molar-refractivity contribution in [3.8, 4) is 0 Å². The molecular weight excluding hydrogens is 412 g/mol. The molecule has 0 saturated heterocycles. The van der Waals surface area contributed by atoms with Crippen LogP contribution in [0.2, 0.25) is 0 Å². The first-order valence-electron chi connectivity index (χ1n) is 9.99. The van der Waals surface area contributed by atoms with Crippen molar-refractivity contribution in [1.29, 1.82) is 0 Å². The number of allylic oxidation sites excluding steroid dienone is 1. The molecule has 0 aliphatic carbocycles. The zero-order valence-corrected chi connectivity index (χ0v) is 18.9. The van der Waals surface area contributed by atoms with Gasteiger partial charge in [-0.3, -0.25) is 4.90 Å². The maximum absolute atomic E-state index is 12.4. The van der Waals surface area contributed by atoms with Gasteiger partial charge < -0.3 is 0 Å². The van der Waals surface area contributed by atoms with Gasteiger partial charge in [0.15, 0.2) is 0 Å². The van der Waals surface area contributed by atoms with E-state index in [2.05, 4.69) is 59.5 Å². The number of nitrogens with zero attached hydrogens (tertiary/aromatic N) is 2. The number of thioether (sulfide) groups is 1. The molecule has 3 aromatic rings. The molecule has 1 unspecified atom stereocenters. The van der Waals surface area contributed by atoms with Crippen molar-refractivity contribution >= 4 is 32.6 Å². The molecule has 0 radical (unpaired) electrons. The molecular formula is C24H26N2O2S2. The number of benzene rings is 3. The summed E-state index contributed by atoms with van der Waals surface area (Å²) in [7, 11) is -3.34. The monoisotopic (exact) mass is 438 g/mol. The summed E-state index contributed by atoms with van der Waals surface area (Å²) in [5, 5.41) is 2.46. The predicted molar refractivity (Wildman–Crippen MR) is 126 cm³/mol. The summed E-state index contributed by atoms with van der Waals surface area (Å²) in [6.07, 6.45) is 3.88. The molecule has 0 bridgehead atoms. The van der Waals surface area contributed by atoms with Crippen molar-refractivity contribution in [2.45, 2.75) is 25.4 Å².